The first-order valence-electron chi connectivity index (χ1n) is 13.7. The summed E-state index contributed by atoms with van der Waals surface area (Å²) in [6.07, 6.45) is 2.43. The maximum absolute atomic E-state index is 13.9. The summed E-state index contributed by atoms with van der Waals surface area (Å²) in [5.74, 6) is -2.93. The first-order chi connectivity index (χ1) is 21.7. The van der Waals surface area contributed by atoms with Crippen LogP contribution in [0.1, 0.15) is 28.8 Å². The number of pyridine rings is 1. The van der Waals surface area contributed by atoms with Crippen LogP contribution in [0.2, 0.25) is 0 Å². The van der Waals surface area contributed by atoms with Crippen LogP contribution in [-0.4, -0.2) is 46.9 Å². The molecule has 3 heterocycles. The molecule has 11 nitrogen and oxygen atoms in total. The summed E-state index contributed by atoms with van der Waals surface area (Å²) < 4.78 is 43.9. The van der Waals surface area contributed by atoms with Gasteiger partial charge in [0, 0.05) is 25.2 Å². The Bertz CT molecular complexity index is 1820. The Balaban J connectivity index is 1.39. The SMILES string of the molecule is COC(=O)N(c1ccc(Oc2ccc(F)c(F)c2)cc1)c1ccc2c(c1Oc1cccnc1)C(=O)N(C1CCC(=O)NC1=O)C2. The van der Waals surface area contributed by atoms with Crippen molar-refractivity contribution >= 4 is 35.2 Å². The van der Waals surface area contributed by atoms with Crippen LogP contribution in [0.5, 0.6) is 23.0 Å². The lowest BCUT2D eigenvalue weighted by Crippen LogP contribution is -2.52. The highest BCUT2D eigenvalue weighted by Gasteiger charge is 2.42. The fraction of sp³-hybridized carbons (Fsp3) is 0.156. The number of benzene rings is 3. The number of methoxy groups -OCH3 is 1. The zero-order chi connectivity index (χ0) is 31.7. The zero-order valence-corrected chi connectivity index (χ0v) is 23.7. The van der Waals surface area contributed by atoms with Gasteiger partial charge in [0.1, 0.15) is 23.3 Å². The van der Waals surface area contributed by atoms with Crippen molar-refractivity contribution in [2.75, 3.05) is 12.0 Å². The van der Waals surface area contributed by atoms with Crippen molar-refractivity contribution < 1.29 is 42.2 Å². The van der Waals surface area contributed by atoms with E-state index in [-0.39, 0.29) is 53.6 Å². The molecule has 2 aliphatic rings. The number of nitrogens with zero attached hydrogens (tertiary/aromatic N) is 3. The van der Waals surface area contributed by atoms with E-state index in [1.54, 1.807) is 30.5 Å². The van der Waals surface area contributed by atoms with Crippen LogP contribution < -0.4 is 19.7 Å². The summed E-state index contributed by atoms with van der Waals surface area (Å²) in [7, 11) is 1.20. The summed E-state index contributed by atoms with van der Waals surface area (Å²) in [5, 5.41) is 2.28. The standard InChI is InChI=1S/C32H24F2N4O7/c1-43-32(42)38(19-5-7-20(8-6-19)44-21-9-10-23(33)24(34)15-21)25-11-4-18-17-37(26-12-13-27(39)36-30(26)40)31(41)28(18)29(25)45-22-3-2-14-35-16-22/h2-11,14-16,26H,12-13,17H2,1H3,(H,36,39,40). The summed E-state index contributed by atoms with van der Waals surface area (Å²) in [4.78, 5) is 58.2. The van der Waals surface area contributed by atoms with Crippen molar-refractivity contribution in [2.45, 2.75) is 25.4 Å². The van der Waals surface area contributed by atoms with E-state index in [0.717, 1.165) is 12.1 Å². The number of piperidine rings is 1. The Morgan fingerprint density at radius 3 is 2.42 bits per heavy atom. The number of anilines is 2. The van der Waals surface area contributed by atoms with Gasteiger partial charge in [-0.05, 0) is 66.6 Å². The molecule has 4 amide bonds. The number of nitrogens with one attached hydrogen (secondary N) is 1. The van der Waals surface area contributed by atoms with Crippen LogP contribution in [0.4, 0.5) is 25.0 Å². The van der Waals surface area contributed by atoms with Gasteiger partial charge < -0.3 is 19.1 Å². The quantitative estimate of drug-likeness (QED) is 0.266. The Morgan fingerprint density at radius 1 is 0.956 bits per heavy atom. The molecule has 1 saturated heterocycles. The van der Waals surface area contributed by atoms with Gasteiger partial charge in [0.05, 0.1) is 30.2 Å². The zero-order valence-electron chi connectivity index (χ0n) is 23.7. The third-order valence-electron chi connectivity index (χ3n) is 7.30. The van der Waals surface area contributed by atoms with Crippen LogP contribution in [0.3, 0.4) is 0 Å². The normalized spacial score (nSPS) is 15.8. The number of halogens is 2. The number of carbonyl (C=O) groups is 4. The first-order valence-corrected chi connectivity index (χ1v) is 13.7. The second kappa shape index (κ2) is 12.0. The highest BCUT2D eigenvalue weighted by atomic mass is 19.2. The maximum atomic E-state index is 13.9. The molecule has 6 rings (SSSR count). The molecule has 0 radical (unpaired) electrons. The average Bonchev–Trinajstić information content (AvgIpc) is 3.37. The van der Waals surface area contributed by atoms with Crippen LogP contribution >= 0.6 is 0 Å². The number of hydrogen-bond acceptors (Lipinski definition) is 8. The minimum Gasteiger partial charge on any atom is -0.457 e. The molecule has 2 aliphatic heterocycles. The van der Waals surface area contributed by atoms with E-state index in [4.69, 9.17) is 14.2 Å². The van der Waals surface area contributed by atoms with Gasteiger partial charge >= 0.3 is 6.09 Å². The number of aromatic nitrogens is 1. The number of carbonyl (C=O) groups excluding carboxylic acids is 4. The van der Waals surface area contributed by atoms with E-state index in [2.05, 4.69) is 10.3 Å². The number of hydrogen-bond donors (Lipinski definition) is 1. The molecule has 1 fully saturated rings. The van der Waals surface area contributed by atoms with Gasteiger partial charge in [-0.3, -0.25) is 24.7 Å². The lowest BCUT2D eigenvalue weighted by molar-refractivity contribution is -0.136. The lowest BCUT2D eigenvalue weighted by atomic mass is 10.0. The Labute approximate surface area is 254 Å². The van der Waals surface area contributed by atoms with E-state index in [0.29, 0.717) is 11.3 Å². The molecule has 1 unspecified atom stereocenters. The highest BCUT2D eigenvalue weighted by Crippen LogP contribution is 2.45. The fourth-order valence-corrected chi connectivity index (χ4v) is 5.19. The molecule has 1 atom stereocenters. The average molecular weight is 615 g/mol. The molecule has 0 bridgehead atoms. The third kappa shape index (κ3) is 5.75. The Kier molecular flexibility index (Phi) is 7.82. The van der Waals surface area contributed by atoms with Crippen LogP contribution in [0.15, 0.2) is 79.1 Å². The largest absolute Gasteiger partial charge is 0.457 e. The molecule has 1 aromatic heterocycles. The summed E-state index contributed by atoms with van der Waals surface area (Å²) in [6.45, 7) is 0.0817. The molecule has 3 aromatic carbocycles. The van der Waals surface area contributed by atoms with E-state index in [1.807, 2.05) is 0 Å². The van der Waals surface area contributed by atoms with Crippen LogP contribution in [0, 0.1) is 11.6 Å². The summed E-state index contributed by atoms with van der Waals surface area (Å²) in [5.41, 5.74) is 1.13. The second-order valence-corrected chi connectivity index (χ2v) is 10.1. The molecule has 0 spiro atoms. The van der Waals surface area contributed by atoms with E-state index < -0.39 is 41.5 Å². The predicted molar refractivity (Wildman–Crippen MR) is 154 cm³/mol. The molecule has 228 valence electrons. The van der Waals surface area contributed by atoms with Crippen LogP contribution in [0.25, 0.3) is 0 Å². The maximum Gasteiger partial charge on any atom is 0.418 e. The Hall–Kier alpha value is -5.85. The van der Waals surface area contributed by atoms with Gasteiger partial charge in [0.25, 0.3) is 5.91 Å². The van der Waals surface area contributed by atoms with Gasteiger partial charge in [-0.25, -0.2) is 18.5 Å². The van der Waals surface area contributed by atoms with Crippen molar-refractivity contribution in [3.05, 3.63) is 102 Å². The van der Waals surface area contributed by atoms with Crippen molar-refractivity contribution in [3.63, 3.8) is 0 Å². The first kappa shape index (κ1) is 29.2. The van der Waals surface area contributed by atoms with Gasteiger partial charge in [0.2, 0.25) is 11.8 Å². The smallest absolute Gasteiger partial charge is 0.418 e. The number of amides is 4. The van der Waals surface area contributed by atoms with Gasteiger partial charge in [-0.15, -0.1) is 0 Å². The van der Waals surface area contributed by atoms with E-state index >= 15 is 0 Å². The van der Waals surface area contributed by atoms with Gasteiger partial charge in [0.15, 0.2) is 17.4 Å². The number of rotatable bonds is 7. The van der Waals surface area contributed by atoms with Crippen molar-refractivity contribution in [3.8, 4) is 23.0 Å². The topological polar surface area (TPSA) is 127 Å². The molecule has 45 heavy (non-hydrogen) atoms. The van der Waals surface area contributed by atoms with Gasteiger partial charge in [-0.1, -0.05) is 6.07 Å². The third-order valence-corrected chi connectivity index (χ3v) is 7.30. The molecular weight excluding hydrogens is 590 g/mol. The molecule has 13 heteroatoms. The minimum absolute atomic E-state index is 0.0211. The molecular formula is C32H24F2N4O7. The van der Waals surface area contributed by atoms with Crippen LogP contribution in [-0.2, 0) is 20.9 Å². The van der Waals surface area contributed by atoms with E-state index in [9.17, 15) is 28.0 Å². The molecule has 4 aromatic rings. The second-order valence-electron chi connectivity index (χ2n) is 10.1. The minimum atomic E-state index is -1.07. The fourth-order valence-electron chi connectivity index (χ4n) is 5.19. The highest BCUT2D eigenvalue weighted by molar-refractivity contribution is 6.09. The van der Waals surface area contributed by atoms with Crippen molar-refractivity contribution in [1.82, 2.24) is 15.2 Å². The monoisotopic (exact) mass is 614 g/mol. The molecule has 1 N–H and O–H groups in total. The summed E-state index contributed by atoms with van der Waals surface area (Å²) >= 11 is 0. The number of fused-ring (bicyclic) bond motifs is 1. The molecule has 0 aliphatic carbocycles. The Morgan fingerprint density at radius 2 is 1.73 bits per heavy atom. The van der Waals surface area contributed by atoms with E-state index in [1.165, 1.54) is 53.4 Å². The predicted octanol–water partition coefficient (Wildman–Crippen LogP) is 5.61. The summed E-state index contributed by atoms with van der Waals surface area (Å²) in [6, 6.07) is 14.9. The van der Waals surface area contributed by atoms with Crippen molar-refractivity contribution in [1.29, 1.82) is 0 Å². The lowest BCUT2D eigenvalue weighted by Gasteiger charge is -2.29. The van der Waals surface area contributed by atoms with Crippen molar-refractivity contribution in [2.24, 2.45) is 0 Å². The number of imide groups is 1. The number of ether oxygens (including phenoxy) is 3. The van der Waals surface area contributed by atoms with Gasteiger partial charge in [-0.2, -0.15) is 0 Å². The molecule has 0 saturated carbocycles.